The highest BCUT2D eigenvalue weighted by atomic mass is 32.1. The Morgan fingerprint density at radius 2 is 2.04 bits per heavy atom. The second-order valence-electron chi connectivity index (χ2n) is 6.87. The van der Waals surface area contributed by atoms with Crippen molar-refractivity contribution in [2.45, 2.75) is 51.6 Å². The first kappa shape index (κ1) is 19.4. The van der Waals surface area contributed by atoms with E-state index in [0.29, 0.717) is 12.1 Å². The van der Waals surface area contributed by atoms with Gasteiger partial charge in [0.1, 0.15) is 11.7 Å². The highest BCUT2D eigenvalue weighted by molar-refractivity contribution is 7.10. The van der Waals surface area contributed by atoms with E-state index in [1.807, 2.05) is 31.4 Å². The van der Waals surface area contributed by atoms with E-state index in [9.17, 15) is 19.5 Å². The molecule has 0 saturated carbocycles. The van der Waals surface area contributed by atoms with E-state index in [1.165, 1.54) is 16.2 Å². The third-order valence-corrected chi connectivity index (χ3v) is 5.82. The second-order valence-corrected chi connectivity index (χ2v) is 7.90. The molecular weight excluding hydrogens is 366 g/mol. The maximum Gasteiger partial charge on any atom is 0.354 e. The molecule has 2 N–H and O–H groups in total. The third-order valence-electron chi connectivity index (χ3n) is 4.94. The lowest BCUT2D eigenvalue weighted by Gasteiger charge is -2.43. The van der Waals surface area contributed by atoms with Crippen LogP contribution in [0.15, 0.2) is 28.9 Å². The molecule has 146 valence electrons. The van der Waals surface area contributed by atoms with Gasteiger partial charge in [-0.3, -0.25) is 14.5 Å². The van der Waals surface area contributed by atoms with E-state index in [1.54, 1.807) is 0 Å². The van der Waals surface area contributed by atoms with Gasteiger partial charge in [-0.15, -0.1) is 11.3 Å². The molecule has 3 heterocycles. The van der Waals surface area contributed by atoms with Crippen LogP contribution in [0.1, 0.15) is 38.0 Å². The van der Waals surface area contributed by atoms with Crippen LogP contribution in [0, 0.1) is 0 Å². The van der Waals surface area contributed by atoms with Crippen LogP contribution in [0.2, 0.25) is 0 Å². The molecular formula is C19H25N3O4S. The Kier molecular flexibility index (Phi) is 5.84. The fourth-order valence-electron chi connectivity index (χ4n) is 3.84. The summed E-state index contributed by atoms with van der Waals surface area (Å²) in [5.41, 5.74) is 0.787. The van der Waals surface area contributed by atoms with Crippen molar-refractivity contribution in [2.75, 3.05) is 13.1 Å². The summed E-state index contributed by atoms with van der Waals surface area (Å²) in [5.74, 6) is -1.62. The van der Waals surface area contributed by atoms with Crippen molar-refractivity contribution in [3.63, 3.8) is 0 Å². The molecule has 0 bridgehead atoms. The number of nitrogens with one attached hydrogen (secondary N) is 1. The maximum absolute atomic E-state index is 12.6. The monoisotopic (exact) mass is 391 g/mol. The maximum atomic E-state index is 12.6. The zero-order chi connectivity index (χ0) is 19.6. The van der Waals surface area contributed by atoms with Gasteiger partial charge in [0, 0.05) is 30.1 Å². The number of carboxylic acids is 1. The molecule has 8 heteroatoms. The topological polar surface area (TPSA) is 90.0 Å². The van der Waals surface area contributed by atoms with Gasteiger partial charge >= 0.3 is 5.97 Å². The summed E-state index contributed by atoms with van der Waals surface area (Å²) in [7, 11) is 0. The minimum Gasteiger partial charge on any atom is -0.477 e. The summed E-state index contributed by atoms with van der Waals surface area (Å²) >= 11 is 1.49. The van der Waals surface area contributed by atoms with Gasteiger partial charge in [0.05, 0.1) is 12.5 Å². The number of rotatable bonds is 9. The van der Waals surface area contributed by atoms with Crippen molar-refractivity contribution >= 4 is 29.1 Å². The first-order valence-electron chi connectivity index (χ1n) is 9.34. The van der Waals surface area contributed by atoms with Gasteiger partial charge in [0.25, 0.3) is 5.91 Å². The Bertz CT molecular complexity index is 753. The molecule has 3 rings (SSSR count). The molecule has 0 aromatic carbocycles. The van der Waals surface area contributed by atoms with E-state index in [4.69, 9.17) is 0 Å². The van der Waals surface area contributed by atoms with Crippen LogP contribution in [-0.2, 0) is 20.8 Å². The Hall–Kier alpha value is -2.35. The number of nitrogens with zero attached hydrogens (tertiary/aromatic N) is 2. The number of aliphatic carboxylic acids is 1. The highest BCUT2D eigenvalue weighted by Gasteiger charge is 2.56. The van der Waals surface area contributed by atoms with Crippen molar-refractivity contribution in [1.29, 1.82) is 0 Å². The zero-order valence-corrected chi connectivity index (χ0v) is 16.4. The van der Waals surface area contributed by atoms with Crippen molar-refractivity contribution in [3.05, 3.63) is 33.8 Å². The summed E-state index contributed by atoms with van der Waals surface area (Å²) in [6.45, 7) is 5.60. The van der Waals surface area contributed by atoms with Gasteiger partial charge in [-0.05, 0) is 24.3 Å². The van der Waals surface area contributed by atoms with Gasteiger partial charge in [-0.1, -0.05) is 19.9 Å². The summed E-state index contributed by atoms with van der Waals surface area (Å²) in [5, 5.41) is 14.4. The summed E-state index contributed by atoms with van der Waals surface area (Å²) in [6.07, 6.45) is 2.50. The number of thiophene rings is 1. The van der Waals surface area contributed by atoms with E-state index in [-0.39, 0.29) is 30.0 Å². The van der Waals surface area contributed by atoms with Crippen molar-refractivity contribution in [1.82, 2.24) is 15.1 Å². The Morgan fingerprint density at radius 1 is 1.33 bits per heavy atom. The lowest BCUT2D eigenvalue weighted by Crippen LogP contribution is -2.68. The Morgan fingerprint density at radius 3 is 2.59 bits per heavy atom. The standard InChI is InChI=1S/C19H25N3O4S/c1-3-7-21(8-4-2)14-11-13-16(18(24)22(13)17(14)19(25)26)20-15(23)10-12-6-5-9-27-12/h5-6,9,13,16H,3-4,7-8,10-11H2,1-2H3,(H,20,23)(H,25,26). The molecule has 2 unspecified atom stereocenters. The molecule has 1 fully saturated rings. The van der Waals surface area contributed by atoms with E-state index in [2.05, 4.69) is 10.2 Å². The summed E-state index contributed by atoms with van der Waals surface area (Å²) < 4.78 is 0. The van der Waals surface area contributed by atoms with Crippen LogP contribution in [0.25, 0.3) is 0 Å². The zero-order valence-electron chi connectivity index (χ0n) is 15.6. The molecule has 0 radical (unpaired) electrons. The number of fused-ring (bicyclic) bond motifs is 1. The van der Waals surface area contributed by atoms with Gasteiger partial charge in [-0.25, -0.2) is 4.79 Å². The third kappa shape index (κ3) is 3.71. The molecule has 2 aliphatic rings. The first-order valence-corrected chi connectivity index (χ1v) is 10.2. The van der Waals surface area contributed by atoms with Crippen LogP contribution < -0.4 is 5.32 Å². The smallest absolute Gasteiger partial charge is 0.354 e. The Labute approximate surface area is 162 Å². The molecule has 1 aromatic heterocycles. The summed E-state index contributed by atoms with van der Waals surface area (Å²) in [4.78, 5) is 41.0. The molecule has 1 saturated heterocycles. The first-order chi connectivity index (χ1) is 13.0. The molecule has 2 atom stereocenters. The fourth-order valence-corrected chi connectivity index (χ4v) is 4.55. The van der Waals surface area contributed by atoms with Crippen LogP contribution in [0.5, 0.6) is 0 Å². The molecule has 0 spiro atoms. The van der Waals surface area contributed by atoms with Crippen LogP contribution in [-0.4, -0.2) is 57.9 Å². The largest absolute Gasteiger partial charge is 0.477 e. The predicted molar refractivity (Wildman–Crippen MR) is 102 cm³/mol. The molecule has 0 aliphatic carbocycles. The number of hydrogen-bond donors (Lipinski definition) is 2. The SMILES string of the molecule is CCCN(CCC)C1=C(C(=O)O)N2C(=O)C(NC(=O)Cc3cccs3)C2C1. The van der Waals surface area contributed by atoms with E-state index < -0.39 is 12.0 Å². The normalized spacial score (nSPS) is 21.1. The number of carbonyl (C=O) groups excluding carboxylic acids is 2. The lowest BCUT2D eigenvalue weighted by molar-refractivity contribution is -0.152. The number of amides is 2. The van der Waals surface area contributed by atoms with E-state index >= 15 is 0 Å². The fraction of sp³-hybridized carbons (Fsp3) is 0.526. The van der Waals surface area contributed by atoms with Gasteiger partial charge in [0.2, 0.25) is 5.91 Å². The highest BCUT2D eigenvalue weighted by Crippen LogP contribution is 2.40. The molecule has 27 heavy (non-hydrogen) atoms. The summed E-state index contributed by atoms with van der Waals surface area (Å²) in [6, 6.07) is 2.81. The van der Waals surface area contributed by atoms with Crippen LogP contribution in [0.4, 0.5) is 0 Å². The van der Waals surface area contributed by atoms with Crippen LogP contribution >= 0.6 is 11.3 Å². The van der Waals surface area contributed by atoms with Crippen molar-refractivity contribution < 1.29 is 19.5 Å². The van der Waals surface area contributed by atoms with Gasteiger partial charge in [0.15, 0.2) is 0 Å². The lowest BCUT2D eigenvalue weighted by atomic mass is 9.94. The van der Waals surface area contributed by atoms with Gasteiger partial charge < -0.3 is 15.3 Å². The van der Waals surface area contributed by atoms with Crippen LogP contribution in [0.3, 0.4) is 0 Å². The van der Waals surface area contributed by atoms with Crippen molar-refractivity contribution in [2.24, 2.45) is 0 Å². The molecule has 2 aliphatic heterocycles. The minimum absolute atomic E-state index is 0.0793. The number of hydrogen-bond acceptors (Lipinski definition) is 5. The number of carboxylic acid groups (broad SMARTS) is 1. The molecule has 2 amide bonds. The average Bonchev–Trinajstić information content (AvgIpc) is 3.25. The second kappa shape index (κ2) is 8.12. The average molecular weight is 391 g/mol. The number of carbonyl (C=O) groups is 3. The molecule has 7 nitrogen and oxygen atoms in total. The quantitative estimate of drug-likeness (QED) is 0.627. The predicted octanol–water partition coefficient (Wildman–Crippen LogP) is 1.81. The van der Waals surface area contributed by atoms with Gasteiger partial charge in [-0.2, -0.15) is 0 Å². The Balaban J connectivity index is 1.73. The van der Waals surface area contributed by atoms with E-state index in [0.717, 1.165) is 30.8 Å². The number of β-lactam (4-membered cyclic amide) rings is 1. The molecule has 1 aromatic rings. The van der Waals surface area contributed by atoms with Crippen molar-refractivity contribution in [3.8, 4) is 0 Å². The minimum atomic E-state index is -1.08.